The summed E-state index contributed by atoms with van der Waals surface area (Å²) >= 11 is 0. The topological polar surface area (TPSA) is 124 Å². The summed E-state index contributed by atoms with van der Waals surface area (Å²) in [5.74, 6) is -1.13. The zero-order chi connectivity index (χ0) is 28.4. The Bertz CT molecular complexity index is 1210. The number of pyridine rings is 1. The lowest BCUT2D eigenvalue weighted by Gasteiger charge is -2.31. The number of aromatic nitrogens is 1. The number of nitrogen functional groups attached to an aromatic ring is 1. The van der Waals surface area contributed by atoms with Crippen LogP contribution in [0.25, 0.3) is 11.3 Å². The summed E-state index contributed by atoms with van der Waals surface area (Å²) in [5.41, 5.74) is 4.44. The summed E-state index contributed by atoms with van der Waals surface area (Å²) in [7, 11) is 1.22. The number of nitrogens with zero attached hydrogens (tertiary/aromatic N) is 3. The second kappa shape index (κ2) is 10.8. The molecule has 1 aromatic carbocycles. The van der Waals surface area contributed by atoms with Gasteiger partial charge in [-0.05, 0) is 65.8 Å². The Morgan fingerprint density at radius 3 is 2.26 bits per heavy atom. The summed E-state index contributed by atoms with van der Waals surface area (Å²) in [5, 5.41) is 0. The molecule has 1 saturated heterocycles. The van der Waals surface area contributed by atoms with Gasteiger partial charge in [-0.25, -0.2) is 23.8 Å². The largest absolute Gasteiger partial charge is 0.467 e. The Hall–Kier alpha value is -3.89. The minimum atomic E-state index is -1.00. The number of ether oxygens (including phenoxy) is 3. The van der Waals surface area contributed by atoms with Crippen LogP contribution in [0.2, 0.25) is 0 Å². The first kappa shape index (κ1) is 28.7. The van der Waals surface area contributed by atoms with Crippen molar-refractivity contribution in [1.82, 2.24) is 9.88 Å². The lowest BCUT2D eigenvalue weighted by atomic mass is 10.1. The Kier molecular flexibility index (Phi) is 8.18. The van der Waals surface area contributed by atoms with E-state index in [0.717, 1.165) is 0 Å². The highest BCUT2D eigenvalue weighted by molar-refractivity contribution is 5.89. The first-order valence-corrected chi connectivity index (χ1v) is 12.2. The van der Waals surface area contributed by atoms with Gasteiger partial charge in [0.15, 0.2) is 5.82 Å². The van der Waals surface area contributed by atoms with E-state index in [9.17, 15) is 18.8 Å². The molecular formula is C27H35FN4O6. The molecule has 0 saturated carbocycles. The second-order valence-electron chi connectivity index (χ2n) is 11.0. The molecule has 3 rings (SSSR count). The number of likely N-dealkylation sites (tertiary alicyclic amines) is 1. The lowest BCUT2D eigenvalue weighted by molar-refractivity contribution is -0.145. The molecule has 2 aromatic rings. The summed E-state index contributed by atoms with van der Waals surface area (Å²) < 4.78 is 30.9. The Balaban J connectivity index is 2.06. The fraction of sp³-hybridized carbons (Fsp3) is 0.481. The number of halogens is 1. The van der Waals surface area contributed by atoms with Crippen LogP contribution in [0, 0.1) is 5.82 Å². The third-order valence-corrected chi connectivity index (χ3v) is 5.62. The molecule has 206 valence electrons. The van der Waals surface area contributed by atoms with Crippen molar-refractivity contribution in [3.63, 3.8) is 0 Å². The SMILES string of the molecule is COC(=O)C1CC(N(C(=O)OC(C)(C)C)c2cccc(-c3cccc(N)c3F)n2)CN1C(=O)OC(C)(C)C. The fourth-order valence-electron chi connectivity index (χ4n) is 4.08. The molecule has 2 unspecified atom stereocenters. The van der Waals surface area contributed by atoms with Crippen LogP contribution in [-0.2, 0) is 19.0 Å². The fourth-order valence-corrected chi connectivity index (χ4v) is 4.08. The molecule has 2 atom stereocenters. The van der Waals surface area contributed by atoms with E-state index in [0.29, 0.717) is 0 Å². The highest BCUT2D eigenvalue weighted by atomic mass is 19.1. The van der Waals surface area contributed by atoms with E-state index in [1.807, 2.05) is 0 Å². The maximum atomic E-state index is 14.8. The third-order valence-electron chi connectivity index (χ3n) is 5.62. The van der Waals surface area contributed by atoms with E-state index >= 15 is 0 Å². The minimum Gasteiger partial charge on any atom is -0.467 e. The van der Waals surface area contributed by atoms with Gasteiger partial charge in [-0.1, -0.05) is 12.1 Å². The molecule has 2 N–H and O–H groups in total. The van der Waals surface area contributed by atoms with E-state index in [-0.39, 0.29) is 35.7 Å². The van der Waals surface area contributed by atoms with Crippen molar-refractivity contribution in [2.45, 2.75) is 71.2 Å². The average molecular weight is 531 g/mol. The Morgan fingerprint density at radius 2 is 1.66 bits per heavy atom. The van der Waals surface area contributed by atoms with E-state index in [1.165, 1.54) is 29.0 Å². The lowest BCUT2D eigenvalue weighted by Crippen LogP contribution is -2.46. The van der Waals surface area contributed by atoms with Crippen molar-refractivity contribution in [3.8, 4) is 11.3 Å². The van der Waals surface area contributed by atoms with Crippen molar-refractivity contribution < 1.29 is 33.0 Å². The van der Waals surface area contributed by atoms with Gasteiger partial charge in [-0.3, -0.25) is 9.80 Å². The summed E-state index contributed by atoms with van der Waals surface area (Å²) in [6.07, 6.45) is -1.41. The number of nitrogens with two attached hydrogens (primary N) is 1. The van der Waals surface area contributed by atoms with Gasteiger partial charge in [-0.15, -0.1) is 0 Å². The molecule has 1 aliphatic rings. The van der Waals surface area contributed by atoms with Crippen molar-refractivity contribution in [2.24, 2.45) is 0 Å². The van der Waals surface area contributed by atoms with Gasteiger partial charge in [0, 0.05) is 18.5 Å². The molecule has 1 aromatic heterocycles. The summed E-state index contributed by atoms with van der Waals surface area (Å²) in [6.45, 7) is 10.2. The van der Waals surface area contributed by atoms with Gasteiger partial charge in [0.05, 0.1) is 24.5 Å². The monoisotopic (exact) mass is 530 g/mol. The zero-order valence-electron chi connectivity index (χ0n) is 22.8. The van der Waals surface area contributed by atoms with Gasteiger partial charge in [0.25, 0.3) is 0 Å². The molecule has 0 spiro atoms. The normalized spacial score (nSPS) is 17.6. The molecule has 38 heavy (non-hydrogen) atoms. The van der Waals surface area contributed by atoms with Crippen LogP contribution in [0.4, 0.5) is 25.5 Å². The molecule has 0 bridgehead atoms. The standard InChI is InChI=1S/C27H35FN4O6/c1-26(2,3)37-24(34)31-15-16(14-20(31)23(33)36-7)32(25(35)38-27(4,5)6)21-13-9-12-19(30-21)17-10-8-11-18(29)22(17)28/h8-13,16,20H,14-15,29H2,1-7H3. The molecule has 10 nitrogen and oxygen atoms in total. The Labute approximate surface area is 221 Å². The molecule has 2 heterocycles. The first-order chi connectivity index (χ1) is 17.6. The number of hydrogen-bond acceptors (Lipinski definition) is 8. The third kappa shape index (κ3) is 6.70. The van der Waals surface area contributed by atoms with Crippen molar-refractivity contribution in [1.29, 1.82) is 0 Å². The minimum absolute atomic E-state index is 0.0385. The molecule has 2 amide bonds. The van der Waals surface area contributed by atoms with Gasteiger partial charge in [0.1, 0.15) is 23.1 Å². The number of anilines is 2. The molecule has 1 aliphatic heterocycles. The number of esters is 1. The van der Waals surface area contributed by atoms with Gasteiger partial charge in [-0.2, -0.15) is 0 Å². The van der Waals surface area contributed by atoms with Crippen LogP contribution in [0.3, 0.4) is 0 Å². The van der Waals surface area contributed by atoms with E-state index < -0.39 is 47.3 Å². The van der Waals surface area contributed by atoms with Crippen LogP contribution in [0.1, 0.15) is 48.0 Å². The number of rotatable bonds is 4. The van der Waals surface area contributed by atoms with Crippen LogP contribution in [-0.4, -0.2) is 65.0 Å². The number of amides is 2. The van der Waals surface area contributed by atoms with Crippen LogP contribution in [0.15, 0.2) is 36.4 Å². The molecular weight excluding hydrogens is 495 g/mol. The second-order valence-corrected chi connectivity index (χ2v) is 11.0. The summed E-state index contributed by atoms with van der Waals surface area (Å²) in [4.78, 5) is 46.2. The number of benzene rings is 1. The van der Waals surface area contributed by atoms with Crippen molar-refractivity contribution in [2.75, 3.05) is 24.3 Å². The molecule has 0 radical (unpaired) electrons. The molecule has 11 heteroatoms. The van der Waals surface area contributed by atoms with E-state index in [4.69, 9.17) is 19.9 Å². The molecule has 1 fully saturated rings. The highest BCUT2D eigenvalue weighted by Crippen LogP contribution is 2.32. The predicted molar refractivity (Wildman–Crippen MR) is 140 cm³/mol. The maximum absolute atomic E-state index is 14.8. The van der Waals surface area contributed by atoms with E-state index in [1.54, 1.807) is 65.8 Å². The van der Waals surface area contributed by atoms with Crippen molar-refractivity contribution >= 4 is 29.7 Å². The number of methoxy groups -OCH3 is 1. The maximum Gasteiger partial charge on any atom is 0.416 e. The highest BCUT2D eigenvalue weighted by Gasteiger charge is 2.46. The van der Waals surface area contributed by atoms with Gasteiger partial charge >= 0.3 is 18.2 Å². The van der Waals surface area contributed by atoms with Crippen molar-refractivity contribution in [3.05, 3.63) is 42.2 Å². The Morgan fingerprint density at radius 1 is 1.03 bits per heavy atom. The average Bonchev–Trinajstić information content (AvgIpc) is 3.23. The summed E-state index contributed by atoms with van der Waals surface area (Å²) in [6, 6.07) is 7.62. The smallest absolute Gasteiger partial charge is 0.416 e. The molecule has 0 aliphatic carbocycles. The van der Waals surface area contributed by atoms with Gasteiger partial charge in [0.2, 0.25) is 0 Å². The van der Waals surface area contributed by atoms with Crippen LogP contribution in [0.5, 0.6) is 0 Å². The number of hydrogen-bond donors (Lipinski definition) is 1. The predicted octanol–water partition coefficient (Wildman–Crippen LogP) is 4.76. The quantitative estimate of drug-likeness (QED) is 0.341. The first-order valence-electron chi connectivity index (χ1n) is 12.2. The number of carbonyl (C=O) groups excluding carboxylic acids is 3. The van der Waals surface area contributed by atoms with Crippen LogP contribution >= 0.6 is 0 Å². The number of carbonyl (C=O) groups is 3. The van der Waals surface area contributed by atoms with E-state index in [2.05, 4.69) is 4.98 Å². The zero-order valence-corrected chi connectivity index (χ0v) is 22.8. The van der Waals surface area contributed by atoms with Crippen LogP contribution < -0.4 is 10.6 Å². The van der Waals surface area contributed by atoms with Gasteiger partial charge < -0.3 is 19.9 Å².